The number of ether oxygens (including phenoxy) is 4. The van der Waals surface area contributed by atoms with Gasteiger partial charge >= 0.3 is 5.97 Å². The molecule has 1 aromatic rings. The SMILES string of the molecule is COC(=O)c1cc(O[C@@H]2O[C@H](CO)[C@@H](O)[C@H](O)[C@H]2O)ccc1OC. The highest BCUT2D eigenvalue weighted by atomic mass is 16.7. The van der Waals surface area contributed by atoms with Crippen molar-refractivity contribution >= 4 is 5.97 Å². The minimum atomic E-state index is -1.56. The molecule has 5 atom stereocenters. The first-order chi connectivity index (χ1) is 11.4. The van der Waals surface area contributed by atoms with E-state index in [1.165, 1.54) is 32.4 Å². The fraction of sp³-hybridized carbons (Fsp3) is 0.533. The van der Waals surface area contributed by atoms with Crippen LogP contribution < -0.4 is 9.47 Å². The molecule has 4 N–H and O–H groups in total. The second-order valence-corrected chi connectivity index (χ2v) is 5.17. The van der Waals surface area contributed by atoms with E-state index in [-0.39, 0.29) is 17.1 Å². The van der Waals surface area contributed by atoms with E-state index in [2.05, 4.69) is 4.74 Å². The molecular weight excluding hydrogens is 324 g/mol. The van der Waals surface area contributed by atoms with Gasteiger partial charge in [0.1, 0.15) is 41.5 Å². The summed E-state index contributed by atoms with van der Waals surface area (Å²) in [5.41, 5.74) is 0.0992. The highest BCUT2D eigenvalue weighted by Crippen LogP contribution is 2.28. The third kappa shape index (κ3) is 3.60. The Hall–Kier alpha value is -1.91. The molecule has 0 unspecified atom stereocenters. The van der Waals surface area contributed by atoms with Crippen LogP contribution in [0, 0.1) is 0 Å². The van der Waals surface area contributed by atoms with Gasteiger partial charge in [0, 0.05) is 0 Å². The second-order valence-electron chi connectivity index (χ2n) is 5.17. The first kappa shape index (κ1) is 18.4. The number of esters is 1. The summed E-state index contributed by atoms with van der Waals surface area (Å²) in [5.74, 6) is -0.241. The van der Waals surface area contributed by atoms with Crippen molar-refractivity contribution in [3.05, 3.63) is 23.8 Å². The van der Waals surface area contributed by atoms with Gasteiger partial charge in [-0.25, -0.2) is 4.79 Å². The van der Waals surface area contributed by atoms with Gasteiger partial charge in [-0.3, -0.25) is 0 Å². The van der Waals surface area contributed by atoms with Crippen LogP contribution in [0.1, 0.15) is 10.4 Å². The highest BCUT2D eigenvalue weighted by Gasteiger charge is 2.44. The molecule has 0 spiro atoms. The fourth-order valence-electron chi connectivity index (χ4n) is 2.33. The Morgan fingerprint density at radius 1 is 1.17 bits per heavy atom. The minimum Gasteiger partial charge on any atom is -0.496 e. The highest BCUT2D eigenvalue weighted by molar-refractivity contribution is 5.92. The van der Waals surface area contributed by atoms with Gasteiger partial charge < -0.3 is 39.4 Å². The van der Waals surface area contributed by atoms with E-state index in [0.29, 0.717) is 0 Å². The van der Waals surface area contributed by atoms with Crippen LogP contribution in [0.4, 0.5) is 0 Å². The molecule has 1 aliphatic rings. The van der Waals surface area contributed by atoms with Crippen molar-refractivity contribution < 1.29 is 44.2 Å². The van der Waals surface area contributed by atoms with E-state index in [4.69, 9.17) is 19.3 Å². The summed E-state index contributed by atoms with van der Waals surface area (Å²) in [4.78, 5) is 11.8. The van der Waals surface area contributed by atoms with Crippen molar-refractivity contribution in [1.29, 1.82) is 0 Å². The predicted molar refractivity (Wildman–Crippen MR) is 78.7 cm³/mol. The normalized spacial score (nSPS) is 29.8. The smallest absolute Gasteiger partial charge is 0.341 e. The Kier molecular flexibility index (Phi) is 5.97. The number of benzene rings is 1. The molecule has 9 nitrogen and oxygen atoms in total. The van der Waals surface area contributed by atoms with E-state index in [1.807, 2.05) is 0 Å². The Labute approximate surface area is 138 Å². The average molecular weight is 344 g/mol. The number of aliphatic hydroxyl groups is 4. The third-order valence-corrected chi connectivity index (χ3v) is 3.68. The Balaban J connectivity index is 2.22. The first-order valence-electron chi connectivity index (χ1n) is 7.16. The topological polar surface area (TPSA) is 135 Å². The number of rotatable bonds is 5. The van der Waals surface area contributed by atoms with Crippen LogP contribution in [0.5, 0.6) is 11.5 Å². The summed E-state index contributed by atoms with van der Waals surface area (Å²) in [6.45, 7) is -0.569. The molecule has 2 rings (SSSR count). The van der Waals surface area contributed by atoms with Crippen LogP contribution in [0.15, 0.2) is 18.2 Å². The van der Waals surface area contributed by atoms with Gasteiger partial charge in [-0.1, -0.05) is 0 Å². The van der Waals surface area contributed by atoms with Gasteiger partial charge in [-0.15, -0.1) is 0 Å². The minimum absolute atomic E-state index is 0.0992. The summed E-state index contributed by atoms with van der Waals surface area (Å²) < 4.78 is 20.4. The van der Waals surface area contributed by atoms with E-state index < -0.39 is 43.3 Å². The Morgan fingerprint density at radius 2 is 1.88 bits per heavy atom. The van der Waals surface area contributed by atoms with Gasteiger partial charge in [-0.05, 0) is 18.2 Å². The lowest BCUT2D eigenvalue weighted by molar-refractivity contribution is -0.277. The molecular formula is C15H20O9. The van der Waals surface area contributed by atoms with E-state index in [9.17, 15) is 20.1 Å². The molecule has 1 aromatic carbocycles. The lowest BCUT2D eigenvalue weighted by Gasteiger charge is -2.39. The molecule has 134 valence electrons. The molecule has 1 fully saturated rings. The number of carbonyl (C=O) groups is 1. The third-order valence-electron chi connectivity index (χ3n) is 3.68. The summed E-state index contributed by atoms with van der Waals surface area (Å²) in [6, 6.07) is 4.25. The van der Waals surface area contributed by atoms with Crippen LogP contribution in [0.2, 0.25) is 0 Å². The fourth-order valence-corrected chi connectivity index (χ4v) is 2.33. The van der Waals surface area contributed by atoms with Crippen molar-refractivity contribution in [2.75, 3.05) is 20.8 Å². The number of aliphatic hydroxyl groups excluding tert-OH is 4. The monoisotopic (exact) mass is 344 g/mol. The number of carbonyl (C=O) groups excluding carboxylic acids is 1. The van der Waals surface area contributed by atoms with Crippen LogP contribution in [0.3, 0.4) is 0 Å². The summed E-state index contributed by atoms with van der Waals surface area (Å²) >= 11 is 0. The maximum Gasteiger partial charge on any atom is 0.341 e. The standard InChI is InChI=1S/C15H20O9/c1-21-9-4-3-7(5-8(9)14(20)22-2)23-15-13(19)12(18)11(17)10(6-16)24-15/h3-5,10-13,15-19H,6H2,1-2H3/t10-,11-,12+,13-,15-/m1/s1. The Morgan fingerprint density at radius 3 is 2.46 bits per heavy atom. The molecule has 24 heavy (non-hydrogen) atoms. The predicted octanol–water partition coefficient (Wildman–Crippen LogP) is -1.34. The number of hydrogen-bond donors (Lipinski definition) is 4. The molecule has 0 saturated carbocycles. The van der Waals surface area contributed by atoms with Crippen LogP contribution in [-0.4, -0.2) is 77.9 Å². The van der Waals surface area contributed by atoms with Gasteiger partial charge in [0.2, 0.25) is 6.29 Å². The zero-order valence-corrected chi connectivity index (χ0v) is 13.2. The average Bonchev–Trinajstić information content (AvgIpc) is 2.61. The lowest BCUT2D eigenvalue weighted by Crippen LogP contribution is -2.60. The van der Waals surface area contributed by atoms with E-state index in [0.717, 1.165) is 0 Å². The zero-order chi connectivity index (χ0) is 17.9. The van der Waals surface area contributed by atoms with Crippen molar-refractivity contribution in [3.8, 4) is 11.5 Å². The summed E-state index contributed by atoms with van der Waals surface area (Å²) in [5, 5.41) is 38.6. The number of hydrogen-bond acceptors (Lipinski definition) is 9. The maximum atomic E-state index is 11.8. The van der Waals surface area contributed by atoms with E-state index >= 15 is 0 Å². The summed E-state index contributed by atoms with van der Waals surface area (Å²) in [6.07, 6.45) is -7.02. The molecule has 0 amide bonds. The van der Waals surface area contributed by atoms with Crippen molar-refractivity contribution in [2.24, 2.45) is 0 Å². The van der Waals surface area contributed by atoms with Crippen LogP contribution in [0.25, 0.3) is 0 Å². The molecule has 1 aliphatic heterocycles. The zero-order valence-electron chi connectivity index (χ0n) is 13.2. The largest absolute Gasteiger partial charge is 0.496 e. The van der Waals surface area contributed by atoms with Crippen LogP contribution >= 0.6 is 0 Å². The van der Waals surface area contributed by atoms with Gasteiger partial charge in [0.05, 0.1) is 20.8 Å². The molecule has 1 saturated heterocycles. The number of methoxy groups -OCH3 is 2. The molecule has 0 radical (unpaired) electrons. The van der Waals surface area contributed by atoms with Crippen molar-refractivity contribution in [2.45, 2.75) is 30.7 Å². The second kappa shape index (κ2) is 7.77. The quantitative estimate of drug-likeness (QED) is 0.479. The van der Waals surface area contributed by atoms with Gasteiger partial charge in [0.15, 0.2) is 0 Å². The Bertz CT molecular complexity index is 574. The van der Waals surface area contributed by atoms with Crippen LogP contribution in [-0.2, 0) is 9.47 Å². The molecule has 0 aliphatic carbocycles. The van der Waals surface area contributed by atoms with Gasteiger partial charge in [0.25, 0.3) is 0 Å². The van der Waals surface area contributed by atoms with Gasteiger partial charge in [-0.2, -0.15) is 0 Å². The molecule has 0 bridgehead atoms. The summed E-state index contributed by atoms with van der Waals surface area (Å²) in [7, 11) is 2.60. The van der Waals surface area contributed by atoms with E-state index in [1.54, 1.807) is 0 Å². The molecule has 9 heteroatoms. The lowest BCUT2D eigenvalue weighted by atomic mass is 9.99. The maximum absolute atomic E-state index is 11.8. The van der Waals surface area contributed by atoms with Crippen molar-refractivity contribution in [3.63, 3.8) is 0 Å². The first-order valence-corrected chi connectivity index (χ1v) is 7.16. The van der Waals surface area contributed by atoms with Crippen molar-refractivity contribution in [1.82, 2.24) is 0 Å². The molecule has 1 heterocycles. The molecule has 0 aromatic heterocycles.